The highest BCUT2D eigenvalue weighted by atomic mass is 79.9. The lowest BCUT2D eigenvalue weighted by Gasteiger charge is -2.36. The molecule has 3 heterocycles. The number of likely N-dealkylation sites (tertiary alicyclic amines) is 1. The zero-order valence-electron chi connectivity index (χ0n) is 9.57. The Hall–Kier alpha value is -0.940. The van der Waals surface area contributed by atoms with E-state index in [4.69, 9.17) is 4.74 Å². The summed E-state index contributed by atoms with van der Waals surface area (Å²) < 4.78 is 6.39. The first-order valence-electron chi connectivity index (χ1n) is 5.69. The lowest BCUT2D eigenvalue weighted by molar-refractivity contribution is -0.0394. The topological polar surface area (TPSA) is 42.4 Å². The molecule has 1 saturated heterocycles. The summed E-state index contributed by atoms with van der Waals surface area (Å²) in [6, 6.07) is 1.92. The van der Waals surface area contributed by atoms with Gasteiger partial charge in [-0.05, 0) is 29.0 Å². The largest absolute Gasteiger partial charge is 0.450 e. The summed E-state index contributed by atoms with van der Waals surface area (Å²) in [4.78, 5) is 18.2. The van der Waals surface area contributed by atoms with Crippen molar-refractivity contribution in [3.8, 4) is 0 Å². The Morgan fingerprint density at radius 3 is 2.88 bits per heavy atom. The fourth-order valence-electron chi connectivity index (χ4n) is 2.61. The summed E-state index contributed by atoms with van der Waals surface area (Å²) in [7, 11) is 2.09. The molecule has 0 N–H and O–H groups in total. The predicted octanol–water partition coefficient (Wildman–Crippen LogP) is 1.94. The molecule has 1 spiro atoms. The number of aromatic nitrogens is 1. The van der Waals surface area contributed by atoms with Gasteiger partial charge in [0.1, 0.15) is 10.2 Å². The minimum atomic E-state index is -0.412. The fourth-order valence-corrected chi connectivity index (χ4v) is 2.94. The quantitative estimate of drug-likeness (QED) is 0.542. The number of hydrogen-bond donors (Lipinski definition) is 0. The molecule has 1 aromatic heterocycles. The molecular formula is C12H13BrN2O2. The van der Waals surface area contributed by atoms with Crippen LogP contribution in [0.5, 0.6) is 0 Å². The molecule has 17 heavy (non-hydrogen) atoms. The van der Waals surface area contributed by atoms with Crippen molar-refractivity contribution in [2.75, 3.05) is 20.1 Å². The maximum absolute atomic E-state index is 11.8. The van der Waals surface area contributed by atoms with Crippen LogP contribution in [0.2, 0.25) is 0 Å². The monoisotopic (exact) mass is 296 g/mol. The van der Waals surface area contributed by atoms with Crippen molar-refractivity contribution in [2.24, 2.45) is 0 Å². The molecule has 0 amide bonds. The van der Waals surface area contributed by atoms with E-state index in [0.29, 0.717) is 5.56 Å². The number of hydrogen-bond acceptors (Lipinski definition) is 4. The van der Waals surface area contributed by atoms with Gasteiger partial charge in [-0.3, -0.25) is 0 Å². The first-order chi connectivity index (χ1) is 8.11. The molecule has 0 atom stereocenters. The second kappa shape index (κ2) is 3.78. The van der Waals surface area contributed by atoms with Crippen LogP contribution in [0.25, 0.3) is 0 Å². The molecule has 0 saturated carbocycles. The van der Waals surface area contributed by atoms with E-state index in [1.807, 2.05) is 6.07 Å². The van der Waals surface area contributed by atoms with E-state index >= 15 is 0 Å². The van der Waals surface area contributed by atoms with Crippen molar-refractivity contribution in [1.29, 1.82) is 0 Å². The molecule has 0 bridgehead atoms. The minimum Gasteiger partial charge on any atom is -0.450 e. The molecule has 0 aromatic carbocycles. The zero-order chi connectivity index (χ0) is 12.0. The SMILES string of the molecule is CN1CCC2(CC1)OC(=O)c1cnc(Br)cc12. The molecule has 5 heteroatoms. The number of fused-ring (bicyclic) bond motifs is 2. The van der Waals surface area contributed by atoms with Crippen LogP contribution in [0.15, 0.2) is 16.9 Å². The van der Waals surface area contributed by atoms with E-state index in [9.17, 15) is 4.79 Å². The van der Waals surface area contributed by atoms with E-state index < -0.39 is 5.60 Å². The fraction of sp³-hybridized carbons (Fsp3) is 0.500. The van der Waals surface area contributed by atoms with Gasteiger partial charge >= 0.3 is 5.97 Å². The molecule has 90 valence electrons. The zero-order valence-corrected chi connectivity index (χ0v) is 11.2. The molecule has 3 rings (SSSR count). The van der Waals surface area contributed by atoms with E-state index in [1.165, 1.54) is 0 Å². The van der Waals surface area contributed by atoms with Crippen LogP contribution < -0.4 is 0 Å². The van der Waals surface area contributed by atoms with Crippen molar-refractivity contribution in [2.45, 2.75) is 18.4 Å². The van der Waals surface area contributed by atoms with E-state index in [0.717, 1.165) is 36.1 Å². The lowest BCUT2D eigenvalue weighted by atomic mass is 9.84. The number of pyridine rings is 1. The number of ether oxygens (including phenoxy) is 1. The second-order valence-electron chi connectivity index (χ2n) is 4.74. The average Bonchev–Trinajstić information content (AvgIpc) is 2.57. The molecule has 1 fully saturated rings. The van der Waals surface area contributed by atoms with E-state index in [-0.39, 0.29) is 5.97 Å². The van der Waals surface area contributed by atoms with Crippen molar-refractivity contribution in [3.05, 3.63) is 28.0 Å². The minimum absolute atomic E-state index is 0.232. The number of nitrogens with zero attached hydrogens (tertiary/aromatic N) is 2. The first-order valence-corrected chi connectivity index (χ1v) is 6.48. The van der Waals surface area contributed by atoms with E-state index in [1.54, 1.807) is 6.20 Å². The second-order valence-corrected chi connectivity index (χ2v) is 5.55. The van der Waals surface area contributed by atoms with Crippen molar-refractivity contribution >= 4 is 21.9 Å². The summed E-state index contributed by atoms with van der Waals surface area (Å²) >= 11 is 3.36. The van der Waals surface area contributed by atoms with Gasteiger partial charge < -0.3 is 9.64 Å². The summed E-state index contributed by atoms with van der Waals surface area (Å²) in [6.45, 7) is 1.90. The van der Waals surface area contributed by atoms with Crippen LogP contribution in [-0.2, 0) is 10.3 Å². The molecule has 1 aromatic rings. The van der Waals surface area contributed by atoms with Crippen LogP contribution in [0.1, 0.15) is 28.8 Å². The van der Waals surface area contributed by atoms with Crippen molar-refractivity contribution < 1.29 is 9.53 Å². The Balaban J connectivity index is 2.05. The van der Waals surface area contributed by atoms with Gasteiger partial charge in [-0.1, -0.05) is 0 Å². The third kappa shape index (κ3) is 1.68. The third-order valence-electron chi connectivity index (χ3n) is 3.66. The van der Waals surface area contributed by atoms with Crippen LogP contribution in [0.4, 0.5) is 0 Å². The molecular weight excluding hydrogens is 284 g/mol. The lowest BCUT2D eigenvalue weighted by Crippen LogP contribution is -2.41. The number of halogens is 1. The molecule has 2 aliphatic heterocycles. The normalized spacial score (nSPS) is 22.6. The Labute approximate surface area is 108 Å². The Bertz CT molecular complexity index is 481. The van der Waals surface area contributed by atoms with Crippen LogP contribution in [0.3, 0.4) is 0 Å². The van der Waals surface area contributed by atoms with Gasteiger partial charge in [0.15, 0.2) is 0 Å². The number of esters is 1. The van der Waals surface area contributed by atoms with Gasteiger partial charge in [-0.15, -0.1) is 0 Å². The maximum Gasteiger partial charge on any atom is 0.341 e. The predicted molar refractivity (Wildman–Crippen MR) is 65.8 cm³/mol. The Kier molecular flexibility index (Phi) is 2.48. The first kappa shape index (κ1) is 11.2. The van der Waals surface area contributed by atoms with Gasteiger partial charge in [0.05, 0.1) is 5.56 Å². The summed E-state index contributed by atoms with van der Waals surface area (Å²) in [6.07, 6.45) is 3.33. The standard InChI is InChI=1S/C12H13BrN2O2/c1-15-4-2-12(3-5-15)9-6-10(13)14-7-8(9)11(16)17-12/h6-7H,2-5H2,1H3. The Morgan fingerprint density at radius 1 is 1.47 bits per heavy atom. The third-order valence-corrected chi connectivity index (χ3v) is 4.10. The number of rotatable bonds is 0. The molecule has 0 radical (unpaired) electrons. The van der Waals surface area contributed by atoms with Crippen molar-refractivity contribution in [1.82, 2.24) is 9.88 Å². The highest BCUT2D eigenvalue weighted by molar-refractivity contribution is 9.10. The molecule has 0 unspecified atom stereocenters. The molecule has 2 aliphatic rings. The highest BCUT2D eigenvalue weighted by Gasteiger charge is 2.47. The summed E-state index contributed by atoms with van der Waals surface area (Å²) in [5.74, 6) is -0.232. The highest BCUT2D eigenvalue weighted by Crippen LogP contribution is 2.44. The van der Waals surface area contributed by atoms with Crippen LogP contribution >= 0.6 is 15.9 Å². The van der Waals surface area contributed by atoms with E-state index in [2.05, 4.69) is 32.9 Å². The summed E-state index contributed by atoms with van der Waals surface area (Å²) in [5, 5.41) is 0. The van der Waals surface area contributed by atoms with Crippen LogP contribution in [-0.4, -0.2) is 36.0 Å². The average molecular weight is 297 g/mol. The van der Waals surface area contributed by atoms with Gasteiger partial charge in [0.25, 0.3) is 0 Å². The number of piperidine rings is 1. The number of carbonyl (C=O) groups is 1. The maximum atomic E-state index is 11.8. The smallest absolute Gasteiger partial charge is 0.341 e. The molecule has 4 nitrogen and oxygen atoms in total. The van der Waals surface area contributed by atoms with Gasteiger partial charge in [-0.2, -0.15) is 0 Å². The summed E-state index contributed by atoms with van der Waals surface area (Å²) in [5.41, 5.74) is 1.21. The molecule has 0 aliphatic carbocycles. The van der Waals surface area contributed by atoms with Crippen molar-refractivity contribution in [3.63, 3.8) is 0 Å². The Morgan fingerprint density at radius 2 is 2.18 bits per heavy atom. The van der Waals surface area contributed by atoms with Gasteiger partial charge in [0, 0.05) is 37.7 Å². The van der Waals surface area contributed by atoms with Gasteiger partial charge in [-0.25, -0.2) is 9.78 Å². The van der Waals surface area contributed by atoms with Crippen LogP contribution in [0, 0.1) is 0 Å². The number of carbonyl (C=O) groups excluding carboxylic acids is 1. The van der Waals surface area contributed by atoms with Gasteiger partial charge in [0.2, 0.25) is 0 Å².